The SMILES string of the molecule is CC/C=C/CC1C(=O)CCC1CC(C)C. The fraction of sp³-hybridized carbons (Fsp3) is 0.786. The van der Waals surface area contributed by atoms with Gasteiger partial charge in [0.05, 0.1) is 0 Å². The van der Waals surface area contributed by atoms with Crippen molar-refractivity contribution in [1.29, 1.82) is 0 Å². The van der Waals surface area contributed by atoms with E-state index in [1.807, 2.05) is 0 Å². The van der Waals surface area contributed by atoms with Gasteiger partial charge in [-0.15, -0.1) is 0 Å². The molecule has 1 heteroatoms. The molecule has 2 unspecified atom stereocenters. The maximum absolute atomic E-state index is 11.7. The normalized spacial score (nSPS) is 27.1. The second-order valence-corrected chi connectivity index (χ2v) is 5.12. The topological polar surface area (TPSA) is 17.1 Å². The Kier molecular flexibility index (Phi) is 5.07. The number of carbonyl (C=O) groups excluding carboxylic acids is 1. The molecule has 0 radical (unpaired) electrons. The standard InChI is InChI=1S/C14H24O/c1-4-5-6-7-13-12(10-11(2)3)8-9-14(13)15/h5-6,11-13H,4,7-10H2,1-3H3/b6-5+. The maximum Gasteiger partial charge on any atom is 0.136 e. The average Bonchev–Trinajstić information content (AvgIpc) is 2.49. The van der Waals surface area contributed by atoms with E-state index < -0.39 is 0 Å². The molecule has 1 fully saturated rings. The molecule has 0 N–H and O–H groups in total. The molecule has 0 amide bonds. The summed E-state index contributed by atoms with van der Waals surface area (Å²) in [6.07, 6.45) is 9.60. The zero-order chi connectivity index (χ0) is 11.3. The van der Waals surface area contributed by atoms with Crippen LogP contribution in [0.25, 0.3) is 0 Å². The lowest BCUT2D eigenvalue weighted by atomic mass is 9.86. The van der Waals surface area contributed by atoms with E-state index >= 15 is 0 Å². The van der Waals surface area contributed by atoms with E-state index in [2.05, 4.69) is 32.9 Å². The Bertz CT molecular complexity index is 227. The van der Waals surface area contributed by atoms with Crippen LogP contribution < -0.4 is 0 Å². The number of allylic oxidation sites excluding steroid dienone is 2. The Labute approximate surface area is 93.9 Å². The Morgan fingerprint density at radius 2 is 2.13 bits per heavy atom. The zero-order valence-corrected chi connectivity index (χ0v) is 10.3. The van der Waals surface area contributed by atoms with Crippen molar-refractivity contribution in [2.45, 2.75) is 52.9 Å². The van der Waals surface area contributed by atoms with E-state index in [0.29, 0.717) is 17.6 Å². The first-order chi connectivity index (χ1) is 7.15. The third kappa shape index (κ3) is 3.81. The van der Waals surface area contributed by atoms with Crippen LogP contribution >= 0.6 is 0 Å². The highest BCUT2D eigenvalue weighted by atomic mass is 16.1. The van der Waals surface area contributed by atoms with E-state index in [1.165, 1.54) is 6.42 Å². The van der Waals surface area contributed by atoms with Gasteiger partial charge in [-0.25, -0.2) is 0 Å². The van der Waals surface area contributed by atoms with Gasteiger partial charge in [0, 0.05) is 12.3 Å². The summed E-state index contributed by atoms with van der Waals surface area (Å²) in [5, 5.41) is 0. The van der Waals surface area contributed by atoms with E-state index in [4.69, 9.17) is 0 Å². The molecule has 1 aliphatic carbocycles. The molecule has 2 atom stereocenters. The third-order valence-corrected chi connectivity index (χ3v) is 3.31. The number of ketones is 1. The van der Waals surface area contributed by atoms with Crippen LogP contribution in [0, 0.1) is 17.8 Å². The molecule has 1 nitrogen and oxygen atoms in total. The number of Topliss-reactive ketones (excluding diaryl/α,β-unsaturated/α-hetero) is 1. The van der Waals surface area contributed by atoms with Crippen LogP contribution in [0.15, 0.2) is 12.2 Å². The van der Waals surface area contributed by atoms with Crippen molar-refractivity contribution < 1.29 is 4.79 Å². The molecule has 0 aromatic heterocycles. The van der Waals surface area contributed by atoms with Gasteiger partial charge in [0.25, 0.3) is 0 Å². The van der Waals surface area contributed by atoms with Crippen LogP contribution in [0.3, 0.4) is 0 Å². The van der Waals surface area contributed by atoms with E-state index in [-0.39, 0.29) is 0 Å². The predicted molar refractivity (Wildman–Crippen MR) is 64.7 cm³/mol. The van der Waals surface area contributed by atoms with E-state index in [0.717, 1.165) is 31.6 Å². The number of hydrogen-bond donors (Lipinski definition) is 0. The highest BCUT2D eigenvalue weighted by Crippen LogP contribution is 2.35. The second-order valence-electron chi connectivity index (χ2n) is 5.12. The van der Waals surface area contributed by atoms with Crippen molar-refractivity contribution in [1.82, 2.24) is 0 Å². The molecule has 15 heavy (non-hydrogen) atoms. The summed E-state index contributed by atoms with van der Waals surface area (Å²) in [5.41, 5.74) is 0. The molecule has 0 heterocycles. The quantitative estimate of drug-likeness (QED) is 0.624. The molecule has 86 valence electrons. The Balaban J connectivity index is 2.49. The minimum Gasteiger partial charge on any atom is -0.299 e. The number of carbonyl (C=O) groups is 1. The van der Waals surface area contributed by atoms with Crippen LogP contribution in [-0.4, -0.2) is 5.78 Å². The molecule has 0 saturated heterocycles. The fourth-order valence-corrected chi connectivity index (χ4v) is 2.60. The van der Waals surface area contributed by atoms with Crippen molar-refractivity contribution in [3.05, 3.63) is 12.2 Å². The smallest absolute Gasteiger partial charge is 0.136 e. The summed E-state index contributed by atoms with van der Waals surface area (Å²) in [6, 6.07) is 0. The summed E-state index contributed by atoms with van der Waals surface area (Å²) < 4.78 is 0. The fourth-order valence-electron chi connectivity index (χ4n) is 2.60. The van der Waals surface area contributed by atoms with Crippen LogP contribution in [0.2, 0.25) is 0 Å². The molecule has 1 saturated carbocycles. The summed E-state index contributed by atoms with van der Waals surface area (Å²) in [6.45, 7) is 6.64. The second kappa shape index (κ2) is 6.09. The van der Waals surface area contributed by atoms with Gasteiger partial charge in [0.2, 0.25) is 0 Å². The summed E-state index contributed by atoms with van der Waals surface area (Å²) in [5.74, 6) is 2.20. The van der Waals surface area contributed by atoms with Crippen LogP contribution in [0.5, 0.6) is 0 Å². The maximum atomic E-state index is 11.7. The van der Waals surface area contributed by atoms with Gasteiger partial charge in [-0.3, -0.25) is 4.79 Å². The van der Waals surface area contributed by atoms with Crippen LogP contribution in [0.1, 0.15) is 52.9 Å². The first kappa shape index (κ1) is 12.5. The Morgan fingerprint density at radius 1 is 1.40 bits per heavy atom. The van der Waals surface area contributed by atoms with E-state index in [1.54, 1.807) is 0 Å². The average molecular weight is 208 g/mol. The highest BCUT2D eigenvalue weighted by Gasteiger charge is 2.33. The van der Waals surface area contributed by atoms with Crippen molar-refractivity contribution >= 4 is 5.78 Å². The molecular formula is C14H24O. The van der Waals surface area contributed by atoms with Gasteiger partial charge in [0.15, 0.2) is 0 Å². The van der Waals surface area contributed by atoms with Gasteiger partial charge in [-0.1, -0.05) is 32.9 Å². The molecule has 0 aliphatic heterocycles. The van der Waals surface area contributed by atoms with Crippen molar-refractivity contribution in [2.24, 2.45) is 17.8 Å². The number of hydrogen-bond acceptors (Lipinski definition) is 1. The molecule has 0 bridgehead atoms. The highest BCUT2D eigenvalue weighted by molar-refractivity contribution is 5.83. The van der Waals surface area contributed by atoms with Crippen molar-refractivity contribution in [2.75, 3.05) is 0 Å². The third-order valence-electron chi connectivity index (χ3n) is 3.31. The molecular weight excluding hydrogens is 184 g/mol. The van der Waals surface area contributed by atoms with Crippen molar-refractivity contribution in [3.8, 4) is 0 Å². The van der Waals surface area contributed by atoms with Gasteiger partial charge >= 0.3 is 0 Å². The van der Waals surface area contributed by atoms with Gasteiger partial charge in [-0.05, 0) is 37.5 Å². The lowest BCUT2D eigenvalue weighted by Gasteiger charge is -2.18. The van der Waals surface area contributed by atoms with E-state index in [9.17, 15) is 4.79 Å². The van der Waals surface area contributed by atoms with Gasteiger partial charge < -0.3 is 0 Å². The molecule has 1 rings (SSSR count). The van der Waals surface area contributed by atoms with Gasteiger partial charge in [-0.2, -0.15) is 0 Å². The first-order valence-corrected chi connectivity index (χ1v) is 6.32. The lowest BCUT2D eigenvalue weighted by Crippen LogP contribution is -2.15. The summed E-state index contributed by atoms with van der Waals surface area (Å²) in [7, 11) is 0. The molecule has 0 spiro atoms. The lowest BCUT2D eigenvalue weighted by molar-refractivity contribution is -0.121. The Morgan fingerprint density at radius 3 is 2.73 bits per heavy atom. The zero-order valence-electron chi connectivity index (χ0n) is 10.3. The van der Waals surface area contributed by atoms with Crippen LogP contribution in [0.4, 0.5) is 0 Å². The summed E-state index contributed by atoms with van der Waals surface area (Å²) in [4.78, 5) is 11.7. The molecule has 1 aliphatic rings. The summed E-state index contributed by atoms with van der Waals surface area (Å²) >= 11 is 0. The Hall–Kier alpha value is -0.590. The molecule has 0 aromatic rings. The molecule has 0 aromatic carbocycles. The monoisotopic (exact) mass is 208 g/mol. The number of rotatable bonds is 5. The predicted octanol–water partition coefficient (Wildman–Crippen LogP) is 3.98. The van der Waals surface area contributed by atoms with Gasteiger partial charge in [0.1, 0.15) is 5.78 Å². The van der Waals surface area contributed by atoms with Crippen molar-refractivity contribution in [3.63, 3.8) is 0 Å². The minimum absolute atomic E-state index is 0.329. The van der Waals surface area contributed by atoms with Crippen LogP contribution in [-0.2, 0) is 4.79 Å². The first-order valence-electron chi connectivity index (χ1n) is 6.32. The minimum atomic E-state index is 0.329. The largest absolute Gasteiger partial charge is 0.299 e.